The van der Waals surface area contributed by atoms with E-state index in [1.165, 1.54) is 6.92 Å². The molecule has 1 saturated heterocycles. The Kier molecular flexibility index (Phi) is 10.2. The number of methoxy groups -OCH3 is 1. The van der Waals surface area contributed by atoms with Gasteiger partial charge in [-0.1, -0.05) is 91.0 Å². The highest BCUT2D eigenvalue weighted by Crippen LogP contribution is 2.30. The molecule has 1 fully saturated rings. The normalized spacial score (nSPS) is 23.5. The van der Waals surface area contributed by atoms with E-state index in [4.69, 9.17) is 28.4 Å². The summed E-state index contributed by atoms with van der Waals surface area (Å²) >= 11 is 0. The largest absolute Gasteiger partial charge is 0.433 e. The van der Waals surface area contributed by atoms with Crippen molar-refractivity contribution in [1.82, 2.24) is 0 Å². The summed E-state index contributed by atoms with van der Waals surface area (Å²) in [4.78, 5) is 11.9. The molecule has 1 heterocycles. The second-order valence-electron chi connectivity index (χ2n) is 8.88. The summed E-state index contributed by atoms with van der Waals surface area (Å²) in [7, 11) is 1.55. The van der Waals surface area contributed by atoms with Crippen molar-refractivity contribution in [3.63, 3.8) is 0 Å². The van der Waals surface area contributed by atoms with Crippen LogP contribution in [0.1, 0.15) is 23.6 Å². The molecule has 0 amide bonds. The Morgan fingerprint density at radius 3 is 1.68 bits per heavy atom. The zero-order valence-electron chi connectivity index (χ0n) is 21.2. The number of hydrogen-bond acceptors (Lipinski definition) is 7. The van der Waals surface area contributed by atoms with Gasteiger partial charge < -0.3 is 28.4 Å². The molecule has 3 aromatic carbocycles. The maximum atomic E-state index is 11.9. The van der Waals surface area contributed by atoms with E-state index in [9.17, 15) is 4.79 Å². The number of rotatable bonds is 12. The van der Waals surface area contributed by atoms with Crippen LogP contribution in [0.4, 0.5) is 0 Å². The highest BCUT2D eigenvalue weighted by atomic mass is 16.7. The zero-order chi connectivity index (χ0) is 25.9. The fraction of sp³-hybridized carbons (Fsp3) is 0.367. The van der Waals surface area contributed by atoms with E-state index < -0.39 is 36.7 Å². The van der Waals surface area contributed by atoms with Crippen LogP contribution >= 0.6 is 0 Å². The number of benzene rings is 3. The maximum Gasteiger partial charge on any atom is 0.305 e. The Labute approximate surface area is 218 Å². The number of ether oxygens (including phenoxy) is 6. The Morgan fingerprint density at radius 1 is 0.703 bits per heavy atom. The summed E-state index contributed by atoms with van der Waals surface area (Å²) in [6.07, 6.45) is -3.36. The topological polar surface area (TPSA) is 72.5 Å². The van der Waals surface area contributed by atoms with E-state index >= 15 is 0 Å². The molecule has 0 radical (unpaired) electrons. The third kappa shape index (κ3) is 7.95. The summed E-state index contributed by atoms with van der Waals surface area (Å²) in [5.74, 6) is -0.471. The van der Waals surface area contributed by atoms with Gasteiger partial charge in [-0.15, -0.1) is 0 Å². The molecule has 5 atom stereocenters. The van der Waals surface area contributed by atoms with Crippen LogP contribution in [-0.2, 0) is 53.0 Å². The van der Waals surface area contributed by atoms with Crippen molar-refractivity contribution >= 4 is 5.97 Å². The molecule has 7 nitrogen and oxygen atoms in total. The molecule has 0 N–H and O–H groups in total. The molecular formula is C30H34O7. The predicted octanol–water partition coefficient (Wildman–Crippen LogP) is 4.68. The van der Waals surface area contributed by atoms with Crippen molar-refractivity contribution in [1.29, 1.82) is 0 Å². The summed E-state index contributed by atoms with van der Waals surface area (Å²) in [5, 5.41) is 0. The number of esters is 1. The van der Waals surface area contributed by atoms with Crippen molar-refractivity contribution in [3.05, 3.63) is 108 Å². The van der Waals surface area contributed by atoms with Crippen LogP contribution in [0.25, 0.3) is 0 Å². The third-order valence-corrected chi connectivity index (χ3v) is 6.11. The van der Waals surface area contributed by atoms with Crippen LogP contribution in [0.5, 0.6) is 0 Å². The SMILES string of the molecule is CO[C@H]1C(OC(C)=O)O[C@H](COCc2ccccc2)[C@H](OCc2ccccc2)[C@@H]1OCc1ccccc1. The van der Waals surface area contributed by atoms with Crippen LogP contribution in [0.2, 0.25) is 0 Å². The minimum atomic E-state index is -0.967. The van der Waals surface area contributed by atoms with Crippen molar-refractivity contribution in [2.24, 2.45) is 0 Å². The lowest BCUT2D eigenvalue weighted by atomic mass is 9.98. The highest BCUT2D eigenvalue weighted by Gasteiger charge is 2.49. The lowest BCUT2D eigenvalue weighted by Crippen LogP contribution is -2.61. The van der Waals surface area contributed by atoms with E-state index in [1.807, 2.05) is 91.0 Å². The summed E-state index contributed by atoms with van der Waals surface area (Å²) in [6, 6.07) is 29.7. The fourth-order valence-corrected chi connectivity index (χ4v) is 4.31. The van der Waals surface area contributed by atoms with Crippen molar-refractivity contribution in [3.8, 4) is 0 Å². The molecule has 1 unspecified atom stereocenters. The molecule has 4 rings (SSSR count). The van der Waals surface area contributed by atoms with E-state index in [2.05, 4.69) is 0 Å². The van der Waals surface area contributed by atoms with Crippen LogP contribution in [-0.4, -0.2) is 50.4 Å². The van der Waals surface area contributed by atoms with Gasteiger partial charge in [-0.25, -0.2) is 0 Å². The van der Waals surface area contributed by atoms with Gasteiger partial charge in [0.15, 0.2) is 0 Å². The van der Waals surface area contributed by atoms with Crippen LogP contribution in [0.15, 0.2) is 91.0 Å². The highest BCUT2D eigenvalue weighted by molar-refractivity contribution is 5.66. The molecule has 1 aliphatic rings. The molecule has 3 aromatic rings. The van der Waals surface area contributed by atoms with Gasteiger partial charge in [0.25, 0.3) is 0 Å². The molecule has 0 spiro atoms. The zero-order valence-corrected chi connectivity index (χ0v) is 21.2. The molecule has 0 saturated carbocycles. The lowest BCUT2D eigenvalue weighted by Gasteiger charge is -2.45. The molecule has 0 bridgehead atoms. The first-order valence-electron chi connectivity index (χ1n) is 12.4. The summed E-state index contributed by atoms with van der Waals surface area (Å²) in [6.45, 7) is 2.65. The fourth-order valence-electron chi connectivity index (χ4n) is 4.31. The monoisotopic (exact) mass is 506 g/mol. The summed E-state index contributed by atoms with van der Waals surface area (Å²) < 4.78 is 36.3. The lowest BCUT2D eigenvalue weighted by molar-refractivity contribution is -0.314. The molecule has 37 heavy (non-hydrogen) atoms. The van der Waals surface area contributed by atoms with Gasteiger partial charge in [0.05, 0.1) is 26.4 Å². The Hall–Kier alpha value is -3.07. The minimum absolute atomic E-state index is 0.216. The average molecular weight is 507 g/mol. The first-order chi connectivity index (χ1) is 18.1. The van der Waals surface area contributed by atoms with Crippen LogP contribution < -0.4 is 0 Å². The van der Waals surface area contributed by atoms with E-state index in [-0.39, 0.29) is 6.61 Å². The standard InChI is InChI=1S/C30H34O7/c1-22(31)36-30-29(32-2)28(35-20-25-16-10-5-11-17-25)27(34-19-24-14-8-4-9-15-24)26(37-30)21-33-18-23-12-6-3-7-13-23/h3-17,26-30H,18-21H2,1-2H3/t26-,27+,28+,29-,30?/m1/s1. The summed E-state index contributed by atoms with van der Waals surface area (Å²) in [5.41, 5.74) is 3.07. The van der Waals surface area contributed by atoms with E-state index in [0.29, 0.717) is 19.8 Å². The first kappa shape index (κ1) is 27.0. The second-order valence-corrected chi connectivity index (χ2v) is 8.88. The predicted molar refractivity (Wildman–Crippen MR) is 137 cm³/mol. The Balaban J connectivity index is 1.55. The van der Waals surface area contributed by atoms with Gasteiger partial charge in [0.2, 0.25) is 6.29 Å². The maximum absolute atomic E-state index is 11.9. The molecule has 0 aliphatic carbocycles. The van der Waals surface area contributed by atoms with Gasteiger partial charge in [0.1, 0.15) is 24.4 Å². The van der Waals surface area contributed by atoms with Gasteiger partial charge in [-0.05, 0) is 16.7 Å². The number of carbonyl (C=O) groups is 1. The molecule has 1 aliphatic heterocycles. The smallest absolute Gasteiger partial charge is 0.305 e. The van der Waals surface area contributed by atoms with E-state index in [0.717, 1.165) is 16.7 Å². The van der Waals surface area contributed by atoms with Gasteiger partial charge in [-0.2, -0.15) is 0 Å². The van der Waals surface area contributed by atoms with Gasteiger partial charge >= 0.3 is 5.97 Å². The Morgan fingerprint density at radius 2 is 1.19 bits per heavy atom. The first-order valence-corrected chi connectivity index (χ1v) is 12.4. The number of hydrogen-bond donors (Lipinski definition) is 0. The second kappa shape index (κ2) is 14.0. The van der Waals surface area contributed by atoms with Crippen molar-refractivity contribution in [2.75, 3.05) is 13.7 Å². The van der Waals surface area contributed by atoms with E-state index in [1.54, 1.807) is 7.11 Å². The van der Waals surface area contributed by atoms with Crippen molar-refractivity contribution in [2.45, 2.75) is 57.5 Å². The average Bonchev–Trinajstić information content (AvgIpc) is 2.92. The molecule has 0 aromatic heterocycles. The molecule has 7 heteroatoms. The molecule has 196 valence electrons. The Bertz CT molecular complexity index is 1060. The van der Waals surface area contributed by atoms with Crippen molar-refractivity contribution < 1.29 is 33.2 Å². The van der Waals surface area contributed by atoms with Gasteiger partial charge in [-0.3, -0.25) is 4.79 Å². The molecular weight excluding hydrogens is 472 g/mol. The van der Waals surface area contributed by atoms with Crippen LogP contribution in [0, 0.1) is 0 Å². The van der Waals surface area contributed by atoms with Gasteiger partial charge in [0, 0.05) is 14.0 Å². The third-order valence-electron chi connectivity index (χ3n) is 6.11. The quantitative estimate of drug-likeness (QED) is 0.331. The minimum Gasteiger partial charge on any atom is -0.433 e. The van der Waals surface area contributed by atoms with Crippen LogP contribution in [0.3, 0.4) is 0 Å². The number of carbonyl (C=O) groups excluding carboxylic acids is 1.